The number of aryl methyl sites for hydroxylation is 1. The molecule has 3 aromatic rings. The Morgan fingerprint density at radius 3 is 2.33 bits per heavy atom. The summed E-state index contributed by atoms with van der Waals surface area (Å²) in [5, 5.41) is 1.27. The maximum atomic E-state index is 6.31. The summed E-state index contributed by atoms with van der Waals surface area (Å²) in [5.41, 5.74) is 4.44. The van der Waals surface area contributed by atoms with Gasteiger partial charge in [-0.05, 0) is 75.8 Å². The minimum atomic E-state index is -0.310. The van der Waals surface area contributed by atoms with Gasteiger partial charge in [0.15, 0.2) is 0 Å². The number of rotatable bonds is 5. The van der Waals surface area contributed by atoms with E-state index in [0.29, 0.717) is 0 Å². The van der Waals surface area contributed by atoms with Crippen molar-refractivity contribution >= 4 is 23.6 Å². The second-order valence-corrected chi connectivity index (χ2v) is 9.49. The van der Waals surface area contributed by atoms with Gasteiger partial charge in [-0.2, -0.15) is 0 Å². The molecule has 1 fully saturated rings. The lowest BCUT2D eigenvalue weighted by atomic mass is 9.74. The smallest absolute Gasteiger partial charge is 0.403 e. The quantitative estimate of drug-likeness (QED) is 0.458. The largest absolute Gasteiger partial charge is 0.458 e. The Bertz CT molecular complexity index is 1050. The van der Waals surface area contributed by atoms with E-state index in [1.54, 1.807) is 0 Å². The molecule has 2 aromatic carbocycles. The van der Waals surface area contributed by atoms with Gasteiger partial charge < -0.3 is 13.9 Å². The van der Waals surface area contributed by atoms with Gasteiger partial charge in [0, 0.05) is 30.1 Å². The molecule has 0 amide bonds. The van der Waals surface area contributed by atoms with Crippen molar-refractivity contribution in [2.24, 2.45) is 7.05 Å². The van der Waals surface area contributed by atoms with Crippen molar-refractivity contribution in [3.63, 3.8) is 0 Å². The van der Waals surface area contributed by atoms with Crippen molar-refractivity contribution in [3.8, 4) is 0 Å². The topological polar surface area (TPSA) is 23.4 Å². The molecule has 4 rings (SSSR count). The number of nitrogens with zero attached hydrogens (tertiary/aromatic N) is 1. The third-order valence-electron chi connectivity index (χ3n) is 6.77. The average Bonchev–Trinajstić information content (AvgIpc) is 3.16. The van der Waals surface area contributed by atoms with Crippen LogP contribution >= 0.6 is 0 Å². The molecule has 0 bridgehead atoms. The summed E-state index contributed by atoms with van der Waals surface area (Å²) in [6.45, 7) is 10.6. The van der Waals surface area contributed by atoms with Crippen LogP contribution < -0.4 is 0 Å². The molecule has 1 aliphatic heterocycles. The van der Waals surface area contributed by atoms with E-state index >= 15 is 0 Å². The van der Waals surface area contributed by atoms with Crippen molar-refractivity contribution < 1.29 is 9.31 Å². The summed E-state index contributed by atoms with van der Waals surface area (Å²) in [6.07, 6.45) is 5.27. The van der Waals surface area contributed by atoms with Crippen LogP contribution in [0.25, 0.3) is 16.5 Å². The molecule has 0 spiro atoms. The van der Waals surface area contributed by atoms with Crippen LogP contribution in [0.1, 0.15) is 51.7 Å². The average molecular weight is 401 g/mol. The first-order chi connectivity index (χ1) is 14.2. The molecule has 30 heavy (non-hydrogen) atoms. The lowest BCUT2D eigenvalue weighted by Gasteiger charge is -2.32. The van der Waals surface area contributed by atoms with Crippen molar-refractivity contribution in [2.45, 2.75) is 58.1 Å². The summed E-state index contributed by atoms with van der Waals surface area (Å²) in [7, 11) is 1.86. The number of aromatic nitrogens is 1. The van der Waals surface area contributed by atoms with Crippen molar-refractivity contribution in [1.29, 1.82) is 0 Å². The summed E-state index contributed by atoms with van der Waals surface area (Å²) < 4.78 is 14.8. The van der Waals surface area contributed by atoms with E-state index in [0.717, 1.165) is 6.32 Å². The second kappa shape index (κ2) is 7.75. The molecule has 1 aliphatic rings. The van der Waals surface area contributed by atoms with Crippen LogP contribution in [0.3, 0.4) is 0 Å². The maximum absolute atomic E-state index is 6.31. The highest BCUT2D eigenvalue weighted by Crippen LogP contribution is 2.40. The first kappa shape index (κ1) is 21.0. The third-order valence-corrected chi connectivity index (χ3v) is 6.77. The molecule has 0 unspecified atom stereocenters. The van der Waals surface area contributed by atoms with E-state index in [2.05, 4.69) is 113 Å². The molecular weight excluding hydrogens is 369 g/mol. The molecule has 156 valence electrons. The van der Waals surface area contributed by atoms with E-state index in [9.17, 15) is 0 Å². The van der Waals surface area contributed by atoms with Gasteiger partial charge in [-0.3, -0.25) is 0 Å². The van der Waals surface area contributed by atoms with Crippen molar-refractivity contribution in [2.75, 3.05) is 0 Å². The van der Waals surface area contributed by atoms with Crippen LogP contribution in [0, 0.1) is 0 Å². The van der Waals surface area contributed by atoms with Crippen LogP contribution in [0.2, 0.25) is 6.32 Å². The Morgan fingerprint density at radius 2 is 1.67 bits per heavy atom. The molecule has 0 aliphatic carbocycles. The van der Waals surface area contributed by atoms with E-state index in [1.807, 2.05) is 0 Å². The van der Waals surface area contributed by atoms with Crippen molar-refractivity contribution in [3.05, 3.63) is 78.0 Å². The monoisotopic (exact) mass is 401 g/mol. The lowest BCUT2D eigenvalue weighted by molar-refractivity contribution is 0.00578. The molecular formula is C26H32BNO2. The van der Waals surface area contributed by atoms with Gasteiger partial charge >= 0.3 is 7.12 Å². The Labute approximate surface area is 180 Å². The highest BCUT2D eigenvalue weighted by Gasteiger charge is 2.51. The summed E-state index contributed by atoms with van der Waals surface area (Å²) in [4.78, 5) is 0. The standard InChI is InChI=1S/C26H32BNO2/c1-19(21-12-13-24-22(17-21)14-15-28(24)6)16-23(20-10-8-7-9-11-20)18-27-29-25(2,3)26(4,5)30-27/h7-17,23H,18H2,1-6H3/b19-16+/t23-/m0/s1. The molecule has 1 atom stereocenters. The predicted molar refractivity (Wildman–Crippen MR) is 127 cm³/mol. The first-order valence-electron chi connectivity index (χ1n) is 10.8. The molecule has 0 saturated carbocycles. The number of hydrogen-bond donors (Lipinski definition) is 0. The SMILES string of the molecule is C/C(=C\[C@@H](CB1OC(C)(C)C(C)(C)O1)c1ccccc1)c1ccc2c(ccn2C)c1. The number of benzene rings is 2. The molecule has 4 heteroatoms. The molecule has 0 radical (unpaired) electrons. The van der Waals surface area contributed by atoms with E-state index in [4.69, 9.17) is 9.31 Å². The van der Waals surface area contributed by atoms with E-state index in [-0.39, 0.29) is 24.2 Å². The van der Waals surface area contributed by atoms with Gasteiger partial charge in [0.05, 0.1) is 11.2 Å². The normalized spacial score (nSPS) is 19.4. The Kier molecular flexibility index (Phi) is 5.42. The van der Waals surface area contributed by atoms with Gasteiger partial charge in [-0.1, -0.05) is 42.5 Å². The van der Waals surface area contributed by atoms with Gasteiger partial charge in [0.1, 0.15) is 0 Å². The number of fused-ring (bicyclic) bond motifs is 1. The molecule has 1 saturated heterocycles. The van der Waals surface area contributed by atoms with Gasteiger partial charge in [-0.15, -0.1) is 0 Å². The van der Waals surface area contributed by atoms with Crippen LogP contribution in [-0.4, -0.2) is 22.9 Å². The highest BCUT2D eigenvalue weighted by molar-refractivity contribution is 6.45. The van der Waals surface area contributed by atoms with E-state index in [1.165, 1.54) is 27.6 Å². The summed E-state index contributed by atoms with van der Waals surface area (Å²) in [5.74, 6) is 0.215. The van der Waals surface area contributed by atoms with Crippen LogP contribution in [0.4, 0.5) is 0 Å². The first-order valence-corrected chi connectivity index (χ1v) is 10.8. The van der Waals surface area contributed by atoms with Gasteiger partial charge in [0.25, 0.3) is 0 Å². The van der Waals surface area contributed by atoms with Crippen LogP contribution in [0.15, 0.2) is 66.9 Å². The van der Waals surface area contributed by atoms with Crippen molar-refractivity contribution in [1.82, 2.24) is 4.57 Å². The minimum absolute atomic E-state index is 0.215. The Morgan fingerprint density at radius 1 is 1.00 bits per heavy atom. The minimum Gasteiger partial charge on any atom is -0.403 e. The van der Waals surface area contributed by atoms with E-state index < -0.39 is 0 Å². The molecule has 3 nitrogen and oxygen atoms in total. The fraction of sp³-hybridized carbons (Fsp3) is 0.385. The fourth-order valence-electron chi connectivity index (χ4n) is 4.19. The van der Waals surface area contributed by atoms with Gasteiger partial charge in [-0.25, -0.2) is 0 Å². The van der Waals surface area contributed by atoms with Crippen LogP contribution in [-0.2, 0) is 16.4 Å². The Hall–Kier alpha value is -2.30. The molecule has 1 aromatic heterocycles. The fourth-order valence-corrected chi connectivity index (χ4v) is 4.19. The zero-order valence-corrected chi connectivity index (χ0v) is 19.0. The predicted octanol–water partition coefficient (Wildman–Crippen LogP) is 6.46. The molecule has 2 heterocycles. The molecule has 0 N–H and O–H groups in total. The van der Waals surface area contributed by atoms with Gasteiger partial charge in [0.2, 0.25) is 0 Å². The highest BCUT2D eigenvalue weighted by atomic mass is 16.7. The number of allylic oxidation sites excluding steroid dienone is 2. The maximum Gasteiger partial charge on any atom is 0.458 e. The zero-order chi connectivity index (χ0) is 21.5. The third kappa shape index (κ3) is 3.99. The summed E-state index contributed by atoms with van der Waals surface area (Å²) >= 11 is 0. The lowest BCUT2D eigenvalue weighted by Crippen LogP contribution is -2.41. The summed E-state index contributed by atoms with van der Waals surface area (Å²) in [6, 6.07) is 19.5. The second-order valence-electron chi connectivity index (χ2n) is 9.49. The zero-order valence-electron chi connectivity index (χ0n) is 19.0. The van der Waals surface area contributed by atoms with Crippen LogP contribution in [0.5, 0.6) is 0 Å². The Balaban J connectivity index is 1.64. The number of hydrogen-bond acceptors (Lipinski definition) is 2.